The molecule has 134 valence electrons. The first-order valence-corrected chi connectivity index (χ1v) is 9.15. The molecule has 0 unspecified atom stereocenters. The van der Waals surface area contributed by atoms with Gasteiger partial charge in [-0.2, -0.15) is 0 Å². The number of nitrogens with zero attached hydrogens (tertiary/aromatic N) is 1. The van der Waals surface area contributed by atoms with Gasteiger partial charge < -0.3 is 10.6 Å². The third kappa shape index (κ3) is 5.54. The Morgan fingerprint density at radius 2 is 1.64 bits per heavy atom. The molecule has 6 nitrogen and oxygen atoms in total. The van der Waals surface area contributed by atoms with Gasteiger partial charge in [-0.1, -0.05) is 24.3 Å². The molecular formula is C17H21FN4O2S. The highest BCUT2D eigenvalue weighted by molar-refractivity contribution is 7.89. The number of hydrogen-bond acceptors (Lipinski definition) is 3. The van der Waals surface area contributed by atoms with Crippen LogP contribution in [0, 0.1) is 12.7 Å². The lowest BCUT2D eigenvalue weighted by Gasteiger charge is -2.12. The van der Waals surface area contributed by atoms with Crippen molar-refractivity contribution < 1.29 is 12.8 Å². The number of guanidine groups is 1. The average molecular weight is 364 g/mol. The summed E-state index contributed by atoms with van der Waals surface area (Å²) in [6.45, 7) is 2.60. The summed E-state index contributed by atoms with van der Waals surface area (Å²) < 4.78 is 36.0. The van der Waals surface area contributed by atoms with Crippen molar-refractivity contribution in [3.05, 3.63) is 65.0 Å². The van der Waals surface area contributed by atoms with Crippen molar-refractivity contribution in [1.29, 1.82) is 0 Å². The Morgan fingerprint density at radius 1 is 1.08 bits per heavy atom. The Bertz CT molecular complexity index is 865. The minimum atomic E-state index is -3.69. The van der Waals surface area contributed by atoms with Crippen molar-refractivity contribution in [3.8, 4) is 0 Å². The predicted molar refractivity (Wildman–Crippen MR) is 96.0 cm³/mol. The van der Waals surface area contributed by atoms with Crippen molar-refractivity contribution in [2.24, 2.45) is 10.1 Å². The Hall–Kier alpha value is -2.45. The lowest BCUT2D eigenvalue weighted by Crippen LogP contribution is -2.36. The Morgan fingerprint density at radius 3 is 2.16 bits per heavy atom. The minimum absolute atomic E-state index is 0.0696. The number of hydrogen-bond donors (Lipinski definition) is 3. The fraction of sp³-hybridized carbons (Fsp3) is 0.235. The van der Waals surface area contributed by atoms with Crippen molar-refractivity contribution in [3.63, 3.8) is 0 Å². The first-order chi connectivity index (χ1) is 11.8. The van der Waals surface area contributed by atoms with E-state index in [1.807, 2.05) is 6.07 Å². The number of benzene rings is 2. The molecule has 0 radical (unpaired) electrons. The highest BCUT2D eigenvalue weighted by Gasteiger charge is 2.07. The van der Waals surface area contributed by atoms with Gasteiger partial charge in [0.1, 0.15) is 5.82 Å². The van der Waals surface area contributed by atoms with Crippen LogP contribution in [0.4, 0.5) is 4.39 Å². The van der Waals surface area contributed by atoms with Crippen LogP contribution in [0.25, 0.3) is 0 Å². The Labute approximate surface area is 147 Å². The molecule has 0 aliphatic heterocycles. The predicted octanol–water partition coefficient (Wildman–Crippen LogP) is 1.65. The van der Waals surface area contributed by atoms with Crippen LogP contribution >= 0.6 is 0 Å². The van der Waals surface area contributed by atoms with Gasteiger partial charge in [0.2, 0.25) is 10.0 Å². The number of nitrogens with one attached hydrogen (secondary N) is 2. The number of aliphatic imine (C=N–C) groups is 1. The maximum Gasteiger partial charge on any atom is 0.238 e. The van der Waals surface area contributed by atoms with Gasteiger partial charge in [0, 0.05) is 20.1 Å². The van der Waals surface area contributed by atoms with Crippen LogP contribution in [0.3, 0.4) is 0 Å². The Kier molecular flexibility index (Phi) is 6.11. The summed E-state index contributed by atoms with van der Waals surface area (Å²) in [6.07, 6.45) is 0. The van der Waals surface area contributed by atoms with Crippen LogP contribution in [0.2, 0.25) is 0 Å². The first-order valence-electron chi connectivity index (χ1n) is 7.61. The minimum Gasteiger partial charge on any atom is -0.352 e. The molecular weight excluding hydrogens is 343 g/mol. The van der Waals surface area contributed by atoms with Crippen LogP contribution in [-0.4, -0.2) is 21.4 Å². The molecule has 0 bridgehead atoms. The molecule has 0 saturated carbocycles. The SMILES string of the molecule is CN=C(NCc1ccc(S(N)(=O)=O)cc1)NCc1ccc(C)c(F)c1. The lowest BCUT2D eigenvalue weighted by molar-refractivity contribution is 0.597. The number of sulfonamides is 1. The largest absolute Gasteiger partial charge is 0.352 e. The summed E-state index contributed by atoms with van der Waals surface area (Å²) in [5.74, 6) is 0.314. The van der Waals surface area contributed by atoms with Gasteiger partial charge in [-0.05, 0) is 41.8 Å². The van der Waals surface area contributed by atoms with Gasteiger partial charge in [0.15, 0.2) is 5.96 Å². The van der Waals surface area contributed by atoms with E-state index < -0.39 is 10.0 Å². The second-order valence-corrected chi connectivity index (χ2v) is 7.11. The van der Waals surface area contributed by atoms with Crippen LogP contribution in [0.1, 0.15) is 16.7 Å². The van der Waals surface area contributed by atoms with Gasteiger partial charge in [0.05, 0.1) is 4.90 Å². The summed E-state index contributed by atoms with van der Waals surface area (Å²) in [7, 11) is -2.05. The zero-order valence-electron chi connectivity index (χ0n) is 14.1. The van der Waals surface area contributed by atoms with Crippen molar-refractivity contribution in [1.82, 2.24) is 10.6 Å². The number of rotatable bonds is 5. The molecule has 4 N–H and O–H groups in total. The van der Waals surface area contributed by atoms with E-state index in [4.69, 9.17) is 5.14 Å². The van der Waals surface area contributed by atoms with E-state index >= 15 is 0 Å². The fourth-order valence-electron chi connectivity index (χ4n) is 2.14. The quantitative estimate of drug-likeness (QED) is 0.555. The van der Waals surface area contributed by atoms with Crippen LogP contribution in [0.15, 0.2) is 52.4 Å². The first kappa shape index (κ1) is 18.9. The van der Waals surface area contributed by atoms with Gasteiger partial charge >= 0.3 is 0 Å². The molecule has 0 aliphatic carbocycles. The van der Waals surface area contributed by atoms with E-state index in [1.165, 1.54) is 18.2 Å². The number of aryl methyl sites for hydroxylation is 1. The molecule has 8 heteroatoms. The van der Waals surface area contributed by atoms with Crippen molar-refractivity contribution in [2.45, 2.75) is 24.9 Å². The third-order valence-corrected chi connectivity index (χ3v) is 4.56. The monoisotopic (exact) mass is 364 g/mol. The smallest absolute Gasteiger partial charge is 0.238 e. The molecule has 0 aromatic heterocycles. The summed E-state index contributed by atoms with van der Waals surface area (Å²) in [5.41, 5.74) is 2.29. The van der Waals surface area contributed by atoms with Crippen LogP contribution in [0.5, 0.6) is 0 Å². The average Bonchev–Trinajstić information content (AvgIpc) is 2.57. The number of primary sulfonamides is 1. The zero-order valence-corrected chi connectivity index (χ0v) is 14.9. The van der Waals surface area contributed by atoms with E-state index in [0.29, 0.717) is 24.6 Å². The number of nitrogens with two attached hydrogens (primary N) is 1. The molecule has 0 spiro atoms. The summed E-state index contributed by atoms with van der Waals surface area (Å²) in [5, 5.41) is 11.3. The van der Waals surface area contributed by atoms with Crippen LogP contribution < -0.4 is 15.8 Å². The summed E-state index contributed by atoms with van der Waals surface area (Å²) >= 11 is 0. The van der Waals surface area contributed by atoms with E-state index in [-0.39, 0.29) is 10.7 Å². The molecule has 2 aromatic rings. The highest BCUT2D eigenvalue weighted by atomic mass is 32.2. The summed E-state index contributed by atoms with van der Waals surface area (Å²) in [6, 6.07) is 11.3. The van der Waals surface area contributed by atoms with E-state index in [1.54, 1.807) is 32.2 Å². The second kappa shape index (κ2) is 8.09. The lowest BCUT2D eigenvalue weighted by atomic mass is 10.1. The third-order valence-electron chi connectivity index (χ3n) is 3.63. The van der Waals surface area contributed by atoms with Gasteiger partial charge in [-0.25, -0.2) is 17.9 Å². The molecule has 0 fully saturated rings. The molecule has 25 heavy (non-hydrogen) atoms. The van der Waals surface area contributed by atoms with E-state index in [0.717, 1.165) is 11.1 Å². The fourth-order valence-corrected chi connectivity index (χ4v) is 2.65. The number of halogens is 1. The van der Waals surface area contributed by atoms with Gasteiger partial charge in [0.25, 0.3) is 0 Å². The molecule has 0 atom stereocenters. The Balaban J connectivity index is 1.91. The maximum atomic E-state index is 13.5. The summed E-state index contributed by atoms with van der Waals surface area (Å²) in [4.78, 5) is 4.17. The van der Waals surface area contributed by atoms with Gasteiger partial charge in [-0.3, -0.25) is 4.99 Å². The van der Waals surface area contributed by atoms with Crippen LogP contribution in [-0.2, 0) is 23.1 Å². The molecule has 0 amide bonds. The molecule has 0 saturated heterocycles. The molecule has 2 rings (SSSR count). The van der Waals surface area contributed by atoms with E-state index in [2.05, 4.69) is 15.6 Å². The van der Waals surface area contributed by atoms with E-state index in [9.17, 15) is 12.8 Å². The zero-order chi connectivity index (χ0) is 18.4. The van der Waals surface area contributed by atoms with Crippen molar-refractivity contribution in [2.75, 3.05) is 7.05 Å². The topological polar surface area (TPSA) is 96.6 Å². The maximum absolute atomic E-state index is 13.5. The molecule has 0 heterocycles. The normalized spacial score (nSPS) is 12.1. The standard InChI is InChI=1S/C17H21FN4O2S/c1-12-3-4-14(9-16(12)18)11-22-17(20-2)21-10-13-5-7-15(8-6-13)25(19,23)24/h3-9H,10-11H2,1-2H3,(H2,19,23,24)(H2,20,21,22). The van der Waals surface area contributed by atoms with Crippen molar-refractivity contribution >= 4 is 16.0 Å². The van der Waals surface area contributed by atoms with Gasteiger partial charge in [-0.15, -0.1) is 0 Å². The highest BCUT2D eigenvalue weighted by Crippen LogP contribution is 2.09. The molecule has 0 aliphatic rings. The second-order valence-electron chi connectivity index (χ2n) is 5.55. The molecule has 2 aromatic carbocycles.